The van der Waals surface area contributed by atoms with E-state index in [1.165, 1.54) is 12.4 Å². The monoisotopic (exact) mass is 288 g/mol. The minimum absolute atomic E-state index is 0.0246. The zero-order valence-electron chi connectivity index (χ0n) is 10.2. The molecule has 0 aliphatic carbocycles. The zero-order chi connectivity index (χ0) is 14.8. The quantitative estimate of drug-likeness (QED) is 0.823. The normalized spacial score (nSPS) is 11.8. The van der Waals surface area contributed by atoms with E-state index in [9.17, 15) is 18.0 Å². The van der Waals surface area contributed by atoms with Crippen molar-refractivity contribution < 1.29 is 23.1 Å². The van der Waals surface area contributed by atoms with E-state index in [-0.39, 0.29) is 17.8 Å². The van der Waals surface area contributed by atoms with Crippen molar-refractivity contribution in [1.29, 1.82) is 0 Å². The van der Waals surface area contributed by atoms with Crippen molar-refractivity contribution in [2.24, 2.45) is 0 Å². The Morgan fingerprint density at radius 3 is 2.85 bits per heavy atom. The standard InChI is InChI=1S/C11H11F3N4O2/c12-11(13,14)8-6-7-10(15-3-1-2-9(19)20)16-4-5-18(7)17-8/h4-6H,1-3H2,(H,15,16)(H,19,20). The largest absolute Gasteiger partial charge is 0.481 e. The maximum atomic E-state index is 12.6. The highest BCUT2D eigenvalue weighted by Crippen LogP contribution is 2.29. The number of nitrogens with one attached hydrogen (secondary N) is 1. The van der Waals surface area contributed by atoms with Gasteiger partial charge in [-0.15, -0.1) is 0 Å². The molecule has 0 aromatic carbocycles. The van der Waals surface area contributed by atoms with Crippen LogP contribution in [0.1, 0.15) is 18.5 Å². The third-order valence-electron chi connectivity index (χ3n) is 2.54. The van der Waals surface area contributed by atoms with Crippen LogP contribution in [-0.2, 0) is 11.0 Å². The van der Waals surface area contributed by atoms with E-state index in [4.69, 9.17) is 5.11 Å². The Morgan fingerprint density at radius 2 is 2.20 bits per heavy atom. The highest BCUT2D eigenvalue weighted by atomic mass is 19.4. The van der Waals surface area contributed by atoms with Gasteiger partial charge in [0.1, 0.15) is 5.52 Å². The summed E-state index contributed by atoms with van der Waals surface area (Å²) < 4.78 is 38.8. The SMILES string of the molecule is O=C(O)CCCNc1nccn2nc(C(F)(F)F)cc12. The average molecular weight is 288 g/mol. The number of carboxylic acids is 1. The first-order valence-electron chi connectivity index (χ1n) is 5.75. The molecule has 2 aromatic heterocycles. The molecule has 0 spiro atoms. The van der Waals surface area contributed by atoms with Gasteiger partial charge in [-0.05, 0) is 6.42 Å². The van der Waals surface area contributed by atoms with Gasteiger partial charge in [-0.3, -0.25) is 4.79 Å². The van der Waals surface area contributed by atoms with Crippen LogP contribution >= 0.6 is 0 Å². The van der Waals surface area contributed by atoms with Crippen LogP contribution in [0.15, 0.2) is 18.5 Å². The number of alkyl halides is 3. The van der Waals surface area contributed by atoms with Crippen LogP contribution in [0.4, 0.5) is 19.0 Å². The molecule has 0 aliphatic heterocycles. The molecular formula is C11H11F3N4O2. The molecule has 0 unspecified atom stereocenters. The molecule has 2 heterocycles. The number of anilines is 1. The number of aromatic nitrogens is 3. The number of nitrogens with zero attached hydrogens (tertiary/aromatic N) is 3. The molecule has 0 amide bonds. The molecule has 0 atom stereocenters. The number of carboxylic acid groups (broad SMARTS) is 1. The van der Waals surface area contributed by atoms with Crippen LogP contribution in [0.5, 0.6) is 0 Å². The van der Waals surface area contributed by atoms with Crippen LogP contribution in [-0.4, -0.2) is 32.2 Å². The molecule has 0 saturated heterocycles. The van der Waals surface area contributed by atoms with Crippen molar-refractivity contribution in [3.63, 3.8) is 0 Å². The number of hydrogen-bond acceptors (Lipinski definition) is 4. The number of carbonyl (C=O) groups is 1. The van der Waals surface area contributed by atoms with Crippen LogP contribution in [0.3, 0.4) is 0 Å². The molecule has 0 saturated carbocycles. The third kappa shape index (κ3) is 3.16. The van der Waals surface area contributed by atoms with Crippen LogP contribution in [0.25, 0.3) is 5.52 Å². The van der Waals surface area contributed by atoms with E-state index in [0.29, 0.717) is 13.0 Å². The van der Waals surface area contributed by atoms with E-state index in [0.717, 1.165) is 10.6 Å². The van der Waals surface area contributed by atoms with Crippen LogP contribution < -0.4 is 5.32 Å². The molecule has 0 fully saturated rings. The number of aliphatic carboxylic acids is 1. The summed E-state index contributed by atoms with van der Waals surface area (Å²) in [5, 5.41) is 14.7. The molecule has 108 valence electrons. The minimum Gasteiger partial charge on any atom is -0.481 e. The maximum absolute atomic E-state index is 12.6. The second-order valence-corrected chi connectivity index (χ2v) is 4.06. The molecule has 20 heavy (non-hydrogen) atoms. The van der Waals surface area contributed by atoms with Crippen molar-refractivity contribution in [2.45, 2.75) is 19.0 Å². The zero-order valence-corrected chi connectivity index (χ0v) is 10.2. The van der Waals surface area contributed by atoms with Gasteiger partial charge in [-0.25, -0.2) is 9.50 Å². The predicted molar refractivity (Wildman–Crippen MR) is 63.3 cm³/mol. The first-order valence-corrected chi connectivity index (χ1v) is 5.75. The Balaban J connectivity index is 2.17. The number of fused-ring (bicyclic) bond motifs is 1. The van der Waals surface area contributed by atoms with Gasteiger partial charge in [0.2, 0.25) is 0 Å². The van der Waals surface area contributed by atoms with Gasteiger partial charge in [-0.1, -0.05) is 0 Å². The Labute approximate surface area is 111 Å². The Hall–Kier alpha value is -2.32. The topological polar surface area (TPSA) is 79.5 Å². The lowest BCUT2D eigenvalue weighted by Crippen LogP contribution is -2.07. The first kappa shape index (κ1) is 14.1. The summed E-state index contributed by atoms with van der Waals surface area (Å²) in [6, 6.07) is 0.895. The van der Waals surface area contributed by atoms with E-state index in [2.05, 4.69) is 15.4 Å². The fraction of sp³-hybridized carbons (Fsp3) is 0.364. The molecular weight excluding hydrogens is 277 g/mol. The molecule has 6 nitrogen and oxygen atoms in total. The molecule has 2 N–H and O–H groups in total. The highest BCUT2D eigenvalue weighted by Gasteiger charge is 2.34. The van der Waals surface area contributed by atoms with Crippen molar-refractivity contribution in [1.82, 2.24) is 14.6 Å². The second kappa shape index (κ2) is 5.35. The minimum atomic E-state index is -4.52. The lowest BCUT2D eigenvalue weighted by Gasteiger charge is -2.05. The van der Waals surface area contributed by atoms with Gasteiger partial charge in [0.05, 0.1) is 0 Å². The fourth-order valence-corrected chi connectivity index (χ4v) is 1.64. The number of rotatable bonds is 5. The van der Waals surface area contributed by atoms with Gasteiger partial charge < -0.3 is 10.4 Å². The van der Waals surface area contributed by atoms with E-state index in [1.807, 2.05) is 0 Å². The summed E-state index contributed by atoms with van der Waals surface area (Å²) in [6.07, 6.45) is -1.57. The van der Waals surface area contributed by atoms with Gasteiger partial charge in [0, 0.05) is 31.4 Å². The molecule has 9 heteroatoms. The summed E-state index contributed by atoms with van der Waals surface area (Å²) in [7, 11) is 0. The summed E-state index contributed by atoms with van der Waals surface area (Å²) in [5.41, 5.74) is -0.811. The summed E-state index contributed by atoms with van der Waals surface area (Å²) in [5.74, 6) is -0.692. The molecule has 0 radical (unpaired) electrons. The molecule has 0 bridgehead atoms. The summed E-state index contributed by atoms with van der Waals surface area (Å²) >= 11 is 0. The summed E-state index contributed by atoms with van der Waals surface area (Å²) in [4.78, 5) is 14.3. The Kier molecular flexibility index (Phi) is 3.77. The fourth-order valence-electron chi connectivity index (χ4n) is 1.64. The van der Waals surface area contributed by atoms with Crippen molar-refractivity contribution in [2.75, 3.05) is 11.9 Å². The van der Waals surface area contributed by atoms with Crippen LogP contribution in [0, 0.1) is 0 Å². The van der Waals surface area contributed by atoms with Gasteiger partial charge in [0.15, 0.2) is 11.5 Å². The van der Waals surface area contributed by atoms with E-state index < -0.39 is 17.8 Å². The maximum Gasteiger partial charge on any atom is 0.435 e. The van der Waals surface area contributed by atoms with E-state index in [1.54, 1.807) is 0 Å². The average Bonchev–Trinajstić information content (AvgIpc) is 2.78. The smallest absolute Gasteiger partial charge is 0.435 e. The molecule has 2 aromatic rings. The van der Waals surface area contributed by atoms with Gasteiger partial charge >= 0.3 is 12.1 Å². The van der Waals surface area contributed by atoms with Gasteiger partial charge in [-0.2, -0.15) is 18.3 Å². The van der Waals surface area contributed by atoms with E-state index >= 15 is 0 Å². The van der Waals surface area contributed by atoms with Crippen molar-refractivity contribution >= 4 is 17.3 Å². The number of halogens is 3. The second-order valence-electron chi connectivity index (χ2n) is 4.06. The first-order chi connectivity index (χ1) is 9.38. The Morgan fingerprint density at radius 1 is 1.45 bits per heavy atom. The van der Waals surface area contributed by atoms with Crippen molar-refractivity contribution in [3.05, 3.63) is 24.2 Å². The molecule has 2 rings (SSSR count). The third-order valence-corrected chi connectivity index (χ3v) is 2.54. The lowest BCUT2D eigenvalue weighted by molar-refractivity contribution is -0.141. The Bertz CT molecular complexity index is 624. The van der Waals surface area contributed by atoms with Crippen LogP contribution in [0.2, 0.25) is 0 Å². The molecule has 0 aliphatic rings. The highest BCUT2D eigenvalue weighted by molar-refractivity contribution is 5.68. The van der Waals surface area contributed by atoms with Gasteiger partial charge in [0.25, 0.3) is 0 Å². The van der Waals surface area contributed by atoms with Crippen molar-refractivity contribution in [3.8, 4) is 0 Å². The predicted octanol–water partition coefficient (Wildman–Crippen LogP) is 2.02. The lowest BCUT2D eigenvalue weighted by atomic mass is 10.3. The summed E-state index contributed by atoms with van der Waals surface area (Å²) in [6.45, 7) is 0.297. The number of hydrogen-bond donors (Lipinski definition) is 2.